The Morgan fingerprint density at radius 3 is 3.19 bits per heavy atom. The van der Waals surface area contributed by atoms with E-state index in [9.17, 15) is 4.79 Å². The maximum absolute atomic E-state index is 11.2. The molecule has 0 aliphatic heterocycles. The highest BCUT2D eigenvalue weighted by Crippen LogP contribution is 2.12. The molecule has 2 rings (SSSR count). The summed E-state index contributed by atoms with van der Waals surface area (Å²) >= 11 is 0. The van der Waals surface area contributed by atoms with E-state index in [0.717, 1.165) is 16.6 Å². The zero-order valence-electron chi connectivity index (χ0n) is 8.74. The van der Waals surface area contributed by atoms with Gasteiger partial charge in [-0.15, -0.1) is 0 Å². The zero-order chi connectivity index (χ0) is 11.4. The summed E-state index contributed by atoms with van der Waals surface area (Å²) in [7, 11) is 0. The number of para-hydroxylation sites is 1. The summed E-state index contributed by atoms with van der Waals surface area (Å²) in [5.41, 5.74) is 2.47. The molecule has 2 aromatic rings. The van der Waals surface area contributed by atoms with Gasteiger partial charge in [-0.1, -0.05) is 18.1 Å². The molecule has 1 amide bonds. The summed E-state index contributed by atoms with van der Waals surface area (Å²) in [4.78, 5) is 11.2. The third-order valence-corrected chi connectivity index (χ3v) is 2.11. The van der Waals surface area contributed by atoms with Crippen molar-refractivity contribution in [2.75, 3.05) is 0 Å². The summed E-state index contributed by atoms with van der Waals surface area (Å²) < 4.78 is 0. The summed E-state index contributed by atoms with van der Waals surface area (Å²) in [6.45, 7) is 2.02. The van der Waals surface area contributed by atoms with Crippen LogP contribution in [0.2, 0.25) is 0 Å². The van der Waals surface area contributed by atoms with Crippen LogP contribution in [-0.2, 0) is 11.3 Å². The van der Waals surface area contributed by atoms with Crippen molar-refractivity contribution in [3.8, 4) is 11.8 Å². The summed E-state index contributed by atoms with van der Waals surface area (Å²) in [6, 6.07) is 5.62. The van der Waals surface area contributed by atoms with Crippen molar-refractivity contribution in [1.29, 1.82) is 0 Å². The fourth-order valence-corrected chi connectivity index (χ4v) is 1.40. The minimum Gasteiger partial charge on any atom is -0.341 e. The SMILES string of the molecule is CC#CC(=O)NCc1cccc2n[nH]nc12. The van der Waals surface area contributed by atoms with E-state index in [4.69, 9.17) is 0 Å². The Kier molecular flexibility index (Phi) is 2.83. The molecule has 0 unspecified atom stereocenters. The first-order valence-electron chi connectivity index (χ1n) is 4.80. The molecular weight excluding hydrogens is 204 g/mol. The monoisotopic (exact) mass is 214 g/mol. The molecule has 0 aliphatic rings. The van der Waals surface area contributed by atoms with Gasteiger partial charge in [-0.25, -0.2) is 0 Å². The molecule has 16 heavy (non-hydrogen) atoms. The molecule has 0 saturated heterocycles. The molecule has 0 aliphatic carbocycles. The van der Waals surface area contributed by atoms with Crippen molar-refractivity contribution in [3.05, 3.63) is 23.8 Å². The first-order valence-corrected chi connectivity index (χ1v) is 4.80. The van der Waals surface area contributed by atoms with Crippen molar-refractivity contribution in [3.63, 3.8) is 0 Å². The second-order valence-electron chi connectivity index (χ2n) is 3.17. The fraction of sp³-hybridized carbons (Fsp3) is 0.182. The summed E-state index contributed by atoms with van der Waals surface area (Å²) in [5.74, 6) is 4.66. The molecule has 1 aromatic heterocycles. The Hall–Kier alpha value is -2.35. The van der Waals surface area contributed by atoms with Gasteiger partial charge in [0.15, 0.2) is 0 Å². The van der Waals surface area contributed by atoms with Gasteiger partial charge in [-0.2, -0.15) is 15.4 Å². The van der Waals surface area contributed by atoms with Gasteiger partial charge in [0.05, 0.1) is 0 Å². The van der Waals surface area contributed by atoms with Gasteiger partial charge in [0.1, 0.15) is 11.0 Å². The van der Waals surface area contributed by atoms with E-state index in [-0.39, 0.29) is 5.91 Å². The summed E-state index contributed by atoms with van der Waals surface area (Å²) in [6.07, 6.45) is 0. The lowest BCUT2D eigenvalue weighted by Crippen LogP contribution is -2.20. The van der Waals surface area contributed by atoms with Gasteiger partial charge in [-0.05, 0) is 18.9 Å². The molecule has 1 heterocycles. The number of fused-ring (bicyclic) bond motifs is 1. The van der Waals surface area contributed by atoms with E-state index in [1.54, 1.807) is 6.92 Å². The average molecular weight is 214 g/mol. The van der Waals surface area contributed by atoms with Crippen LogP contribution in [0.3, 0.4) is 0 Å². The van der Waals surface area contributed by atoms with E-state index >= 15 is 0 Å². The molecule has 0 atom stereocenters. The molecule has 0 radical (unpaired) electrons. The molecule has 0 saturated carbocycles. The minimum atomic E-state index is -0.289. The lowest BCUT2D eigenvalue weighted by molar-refractivity contribution is -0.115. The molecule has 80 valence electrons. The Morgan fingerprint density at radius 1 is 1.50 bits per heavy atom. The highest BCUT2D eigenvalue weighted by Gasteiger charge is 2.04. The lowest BCUT2D eigenvalue weighted by atomic mass is 10.2. The third-order valence-electron chi connectivity index (χ3n) is 2.11. The largest absolute Gasteiger partial charge is 0.341 e. The number of carbonyl (C=O) groups is 1. The number of aromatic amines is 1. The van der Waals surface area contributed by atoms with Crippen LogP contribution in [0.5, 0.6) is 0 Å². The van der Waals surface area contributed by atoms with Crippen LogP contribution >= 0.6 is 0 Å². The van der Waals surface area contributed by atoms with Crippen LogP contribution in [0.1, 0.15) is 12.5 Å². The van der Waals surface area contributed by atoms with Crippen molar-refractivity contribution in [2.24, 2.45) is 0 Å². The topological polar surface area (TPSA) is 70.7 Å². The van der Waals surface area contributed by atoms with Crippen LogP contribution < -0.4 is 5.32 Å². The molecule has 0 bridgehead atoms. The zero-order valence-corrected chi connectivity index (χ0v) is 8.74. The van der Waals surface area contributed by atoms with Crippen LogP contribution in [0.25, 0.3) is 11.0 Å². The molecule has 0 spiro atoms. The number of amides is 1. The number of hydrogen-bond acceptors (Lipinski definition) is 3. The quantitative estimate of drug-likeness (QED) is 0.719. The number of nitrogens with one attached hydrogen (secondary N) is 2. The Balaban J connectivity index is 2.17. The van der Waals surface area contributed by atoms with Crippen molar-refractivity contribution in [1.82, 2.24) is 20.7 Å². The third kappa shape index (κ3) is 2.01. The van der Waals surface area contributed by atoms with Gasteiger partial charge < -0.3 is 5.32 Å². The predicted octanol–water partition coefficient (Wildman–Crippen LogP) is 0.597. The van der Waals surface area contributed by atoms with Gasteiger partial charge in [0.2, 0.25) is 0 Å². The van der Waals surface area contributed by atoms with Crippen LogP contribution in [0.4, 0.5) is 0 Å². The number of rotatable bonds is 2. The fourth-order valence-electron chi connectivity index (χ4n) is 1.40. The number of nitrogens with zero attached hydrogens (tertiary/aromatic N) is 2. The Labute approximate surface area is 92.2 Å². The number of H-pyrrole nitrogens is 1. The number of carbonyl (C=O) groups excluding carboxylic acids is 1. The maximum atomic E-state index is 11.2. The highest BCUT2D eigenvalue weighted by atomic mass is 16.1. The Bertz CT molecular complexity index is 576. The van der Waals surface area contributed by atoms with Crippen LogP contribution in [0, 0.1) is 11.8 Å². The van der Waals surface area contributed by atoms with E-state index < -0.39 is 0 Å². The van der Waals surface area contributed by atoms with E-state index in [1.807, 2.05) is 18.2 Å². The Morgan fingerprint density at radius 2 is 2.38 bits per heavy atom. The standard InChI is InChI=1S/C11H10N4O/c1-2-4-10(16)12-7-8-5-3-6-9-11(8)14-15-13-9/h3,5-6H,7H2,1H3,(H,12,16)(H,13,14,15). The van der Waals surface area contributed by atoms with E-state index in [2.05, 4.69) is 32.6 Å². The number of hydrogen-bond donors (Lipinski definition) is 2. The van der Waals surface area contributed by atoms with Crippen LogP contribution in [-0.4, -0.2) is 21.3 Å². The normalized spacial score (nSPS) is 9.56. The number of aromatic nitrogens is 3. The first-order chi connectivity index (χ1) is 7.81. The maximum Gasteiger partial charge on any atom is 0.296 e. The molecule has 0 fully saturated rings. The van der Waals surface area contributed by atoms with Gasteiger partial charge in [0.25, 0.3) is 5.91 Å². The van der Waals surface area contributed by atoms with E-state index in [1.165, 1.54) is 0 Å². The molecule has 2 N–H and O–H groups in total. The summed E-state index contributed by atoms with van der Waals surface area (Å²) in [5, 5.41) is 13.2. The van der Waals surface area contributed by atoms with E-state index in [0.29, 0.717) is 6.54 Å². The van der Waals surface area contributed by atoms with Crippen molar-refractivity contribution < 1.29 is 4.79 Å². The minimum absolute atomic E-state index is 0.289. The van der Waals surface area contributed by atoms with Gasteiger partial charge in [-0.3, -0.25) is 4.79 Å². The van der Waals surface area contributed by atoms with Gasteiger partial charge in [0, 0.05) is 12.1 Å². The van der Waals surface area contributed by atoms with Crippen LogP contribution in [0.15, 0.2) is 18.2 Å². The second kappa shape index (κ2) is 4.45. The molecule has 5 heteroatoms. The molecular formula is C11H10N4O. The lowest BCUT2D eigenvalue weighted by Gasteiger charge is -2.01. The number of benzene rings is 1. The smallest absolute Gasteiger partial charge is 0.296 e. The highest BCUT2D eigenvalue weighted by molar-refractivity contribution is 5.93. The molecule has 1 aromatic carbocycles. The average Bonchev–Trinajstić information content (AvgIpc) is 2.75. The second-order valence-corrected chi connectivity index (χ2v) is 3.17. The van der Waals surface area contributed by atoms with Gasteiger partial charge >= 0.3 is 0 Å². The predicted molar refractivity (Wildman–Crippen MR) is 59.2 cm³/mol. The van der Waals surface area contributed by atoms with Crippen molar-refractivity contribution >= 4 is 16.9 Å². The first kappa shape index (κ1) is 10.2. The molecule has 5 nitrogen and oxygen atoms in total. The van der Waals surface area contributed by atoms with Crippen molar-refractivity contribution in [2.45, 2.75) is 13.5 Å².